The van der Waals surface area contributed by atoms with Crippen molar-refractivity contribution in [2.45, 2.75) is 0 Å². The molecule has 0 aromatic heterocycles. The van der Waals surface area contributed by atoms with E-state index in [9.17, 15) is 9.59 Å². The van der Waals surface area contributed by atoms with Crippen molar-refractivity contribution < 1.29 is 29.3 Å². The average Bonchev–Trinajstić information content (AvgIpc) is 1.85. The predicted molar refractivity (Wildman–Crippen MR) is 35.6 cm³/mol. The van der Waals surface area contributed by atoms with Gasteiger partial charge in [-0.05, 0) is 4.57 Å². The van der Waals surface area contributed by atoms with Crippen molar-refractivity contribution in [2.24, 2.45) is 0 Å². The highest BCUT2D eigenvalue weighted by Gasteiger charge is 1.88. The van der Waals surface area contributed by atoms with Crippen LogP contribution in [0.4, 0.5) is 0 Å². The minimum atomic E-state index is -1.26. The lowest BCUT2D eigenvalue weighted by Crippen LogP contribution is -1.91. The van der Waals surface area contributed by atoms with Gasteiger partial charge in [0.25, 0.3) is 0 Å². The predicted octanol–water partition coefficient (Wildman–Crippen LogP) is -0.370. The van der Waals surface area contributed by atoms with Crippen LogP contribution >= 0.6 is 8.69 Å². The summed E-state index contributed by atoms with van der Waals surface area (Å²) >= 11 is 0. The highest BCUT2D eigenvalue weighted by Crippen LogP contribution is 1.70. The van der Waals surface area contributed by atoms with Crippen LogP contribution in [0.25, 0.3) is 0 Å². The molecule has 0 aliphatic heterocycles. The summed E-state index contributed by atoms with van der Waals surface area (Å²) in [5.74, 6) is -2.51. The highest BCUT2D eigenvalue weighted by molar-refractivity contribution is 7.16. The van der Waals surface area contributed by atoms with Gasteiger partial charge in [-0.25, -0.2) is 9.59 Å². The van der Waals surface area contributed by atoms with Gasteiger partial charge in [-0.15, -0.1) is 0 Å². The van der Waals surface area contributed by atoms with E-state index in [4.69, 9.17) is 19.7 Å². The molecule has 0 fully saturated rings. The van der Waals surface area contributed by atoms with Gasteiger partial charge < -0.3 is 10.2 Å². The third kappa shape index (κ3) is 28.4. The molecule has 0 aromatic rings. The van der Waals surface area contributed by atoms with Crippen molar-refractivity contribution >= 4 is 20.6 Å². The average molecular weight is 181 g/mol. The number of rotatable bonds is 2. The second-order valence-electron chi connectivity index (χ2n) is 1.10. The number of carboxylic acid groups (broad SMARTS) is 2. The van der Waals surface area contributed by atoms with Gasteiger partial charge in [-0.2, -0.15) is 4.89 Å². The molecule has 62 valence electrons. The lowest BCUT2D eigenvalue weighted by atomic mass is 10.5. The molecule has 0 amide bonds. The van der Waals surface area contributed by atoms with Crippen LogP contribution in [0.2, 0.25) is 0 Å². The van der Waals surface area contributed by atoms with Crippen LogP contribution in [0.15, 0.2) is 12.2 Å². The molecule has 0 radical (unpaired) electrons. The monoisotopic (exact) mass is 181 g/mol. The van der Waals surface area contributed by atoms with E-state index in [0.29, 0.717) is 12.2 Å². The first-order valence-electron chi connectivity index (χ1n) is 2.19. The van der Waals surface area contributed by atoms with Crippen LogP contribution in [0, 0.1) is 0 Å². The van der Waals surface area contributed by atoms with Gasteiger partial charge in [-0.3, -0.25) is 0 Å². The molecule has 6 nitrogen and oxygen atoms in total. The molecule has 0 heterocycles. The van der Waals surface area contributed by atoms with Crippen molar-refractivity contribution in [1.82, 2.24) is 0 Å². The van der Waals surface area contributed by atoms with Crippen molar-refractivity contribution in [3.8, 4) is 0 Å². The minimum Gasteiger partial charge on any atom is -0.478 e. The molecule has 3 N–H and O–H groups in total. The summed E-state index contributed by atoms with van der Waals surface area (Å²) in [7, 11) is -1.17. The number of carbonyl (C=O) groups is 2. The summed E-state index contributed by atoms with van der Waals surface area (Å²) in [6, 6.07) is 0. The molecule has 7 heteroatoms. The maximum absolute atomic E-state index is 9.55. The SMILES string of the molecule is O=C(O)/C=C\C(=O)O.O=[PH+]O. The molecule has 1 atom stereocenters. The maximum atomic E-state index is 9.55. The summed E-state index contributed by atoms with van der Waals surface area (Å²) in [6.07, 6.45) is 1.12. The zero-order valence-corrected chi connectivity index (χ0v) is 6.22. The molecule has 0 aliphatic carbocycles. The lowest BCUT2D eigenvalue weighted by Gasteiger charge is -1.74. The first kappa shape index (κ1) is 12.4. The van der Waals surface area contributed by atoms with Crippen molar-refractivity contribution in [2.75, 3.05) is 0 Å². The van der Waals surface area contributed by atoms with Gasteiger partial charge in [-0.1, -0.05) is 0 Å². The van der Waals surface area contributed by atoms with Gasteiger partial charge in [0.15, 0.2) is 0 Å². The number of aliphatic carboxylic acids is 2. The summed E-state index contributed by atoms with van der Waals surface area (Å²) in [4.78, 5) is 26.1. The molecule has 0 rings (SSSR count). The van der Waals surface area contributed by atoms with Gasteiger partial charge in [0.1, 0.15) is 0 Å². The Balaban J connectivity index is 0. The van der Waals surface area contributed by atoms with E-state index in [1.807, 2.05) is 0 Å². The number of hydrogen-bond donors (Lipinski definition) is 3. The summed E-state index contributed by atoms with van der Waals surface area (Å²) in [5, 5.41) is 15.6. The summed E-state index contributed by atoms with van der Waals surface area (Å²) in [5.41, 5.74) is 0. The lowest BCUT2D eigenvalue weighted by molar-refractivity contribution is -0.134. The van der Waals surface area contributed by atoms with Crippen molar-refractivity contribution in [3.05, 3.63) is 12.2 Å². The Morgan fingerprint density at radius 2 is 1.27 bits per heavy atom. The van der Waals surface area contributed by atoms with E-state index in [1.54, 1.807) is 0 Å². The second kappa shape index (κ2) is 8.74. The van der Waals surface area contributed by atoms with Gasteiger partial charge in [0.2, 0.25) is 0 Å². The van der Waals surface area contributed by atoms with E-state index in [1.165, 1.54) is 0 Å². The molecule has 0 bridgehead atoms. The summed E-state index contributed by atoms with van der Waals surface area (Å²) < 4.78 is 8.51. The van der Waals surface area contributed by atoms with E-state index >= 15 is 0 Å². The Hall–Kier alpha value is -1.26. The fourth-order valence-corrected chi connectivity index (χ4v) is 0.143. The van der Waals surface area contributed by atoms with E-state index in [-0.39, 0.29) is 0 Å². The van der Waals surface area contributed by atoms with Crippen molar-refractivity contribution in [1.29, 1.82) is 0 Å². The molecule has 11 heavy (non-hydrogen) atoms. The highest BCUT2D eigenvalue weighted by atomic mass is 31.1. The molecule has 0 spiro atoms. The Labute approximate surface area is 63.1 Å². The van der Waals surface area contributed by atoms with Crippen LogP contribution in [-0.4, -0.2) is 27.0 Å². The normalized spacial score (nSPS) is 8.82. The van der Waals surface area contributed by atoms with Gasteiger partial charge in [0.05, 0.1) is 0 Å². The first-order valence-corrected chi connectivity index (χ1v) is 3.05. The fraction of sp³-hybridized carbons (Fsp3) is 0. The smallest absolute Gasteiger partial charge is 0.478 e. The maximum Gasteiger partial charge on any atom is 0.491 e. The molecule has 1 unspecified atom stereocenters. The first-order chi connectivity index (χ1) is 5.04. The molecule has 0 aromatic carbocycles. The Kier molecular flexibility index (Phi) is 9.87. The third-order valence-corrected chi connectivity index (χ3v) is 0.368. The van der Waals surface area contributed by atoms with E-state index < -0.39 is 20.6 Å². The third-order valence-electron chi connectivity index (χ3n) is 0.368. The standard InChI is InChI=1S/C4H4O4.HO2P/c5-3(6)1-2-4(7)8;1-3-2/h1-2H,(H,5,6)(H,7,8);3H/p+1/b2-1-;. The second-order valence-corrected chi connectivity index (χ2v) is 1.28. The van der Waals surface area contributed by atoms with Crippen LogP contribution in [-0.2, 0) is 14.2 Å². The largest absolute Gasteiger partial charge is 0.491 e. The topological polar surface area (TPSA) is 112 Å². The molecular weight excluding hydrogens is 175 g/mol. The van der Waals surface area contributed by atoms with E-state index in [2.05, 4.69) is 0 Å². The van der Waals surface area contributed by atoms with Crippen LogP contribution in [0.3, 0.4) is 0 Å². The quantitative estimate of drug-likeness (QED) is 0.395. The molecule has 0 saturated carbocycles. The minimum absolute atomic E-state index is 0.558. The van der Waals surface area contributed by atoms with Crippen LogP contribution in [0.1, 0.15) is 0 Å². The van der Waals surface area contributed by atoms with Crippen LogP contribution < -0.4 is 0 Å². The molecular formula is C4H6O6P+. The molecule has 0 aliphatic rings. The number of hydrogen-bond acceptors (Lipinski definition) is 3. The Bertz CT molecular complexity index is 157. The molecule has 0 saturated heterocycles. The zero-order chi connectivity index (χ0) is 9.28. The van der Waals surface area contributed by atoms with Gasteiger partial charge in [0, 0.05) is 12.2 Å². The fourth-order valence-electron chi connectivity index (χ4n) is 0.143. The number of carboxylic acids is 2. The van der Waals surface area contributed by atoms with Crippen molar-refractivity contribution in [3.63, 3.8) is 0 Å². The van der Waals surface area contributed by atoms with Crippen LogP contribution in [0.5, 0.6) is 0 Å². The zero-order valence-electron chi connectivity index (χ0n) is 5.22. The van der Waals surface area contributed by atoms with Gasteiger partial charge >= 0.3 is 20.6 Å². The Morgan fingerprint density at radius 3 is 1.36 bits per heavy atom. The summed E-state index contributed by atoms with van der Waals surface area (Å²) in [6.45, 7) is 0. The van der Waals surface area contributed by atoms with E-state index in [0.717, 1.165) is 0 Å². The Morgan fingerprint density at radius 1 is 1.09 bits per heavy atom.